The van der Waals surface area contributed by atoms with Crippen molar-refractivity contribution >= 4 is 33.3 Å². The molecule has 0 bridgehead atoms. The Morgan fingerprint density at radius 2 is 1.96 bits per heavy atom. The first-order chi connectivity index (χ1) is 13.1. The zero-order valence-corrected chi connectivity index (χ0v) is 16.6. The highest BCUT2D eigenvalue weighted by molar-refractivity contribution is 7.21. The molecule has 1 aromatic carbocycles. The predicted molar refractivity (Wildman–Crippen MR) is 111 cm³/mol. The van der Waals surface area contributed by atoms with Crippen LogP contribution in [0.4, 0.5) is 5.95 Å². The molecule has 27 heavy (non-hydrogen) atoms. The van der Waals surface area contributed by atoms with Crippen molar-refractivity contribution in [2.75, 3.05) is 25.5 Å². The van der Waals surface area contributed by atoms with Gasteiger partial charge in [-0.15, -0.1) is 11.3 Å². The number of aromatic nitrogens is 2. The summed E-state index contributed by atoms with van der Waals surface area (Å²) in [6.45, 7) is 0.966. The molecule has 6 heteroatoms. The van der Waals surface area contributed by atoms with Crippen LogP contribution in [-0.4, -0.2) is 47.5 Å². The van der Waals surface area contributed by atoms with Crippen molar-refractivity contribution < 1.29 is 4.79 Å². The number of carbonyl (C=O) groups is 1. The molecule has 0 spiro atoms. The van der Waals surface area contributed by atoms with Gasteiger partial charge in [0.15, 0.2) is 0 Å². The van der Waals surface area contributed by atoms with Crippen molar-refractivity contribution in [3.05, 3.63) is 53.2 Å². The van der Waals surface area contributed by atoms with Gasteiger partial charge in [0.1, 0.15) is 0 Å². The molecule has 4 rings (SSSR count). The summed E-state index contributed by atoms with van der Waals surface area (Å²) >= 11 is 1.60. The lowest BCUT2D eigenvalue weighted by Crippen LogP contribution is -2.42. The predicted octanol–water partition coefficient (Wildman–Crippen LogP) is 3.99. The summed E-state index contributed by atoms with van der Waals surface area (Å²) in [6, 6.07) is 10.5. The number of amides is 1. The fourth-order valence-corrected chi connectivity index (χ4v) is 5.08. The number of nitrogens with zero attached hydrogens (tertiary/aromatic N) is 4. The fraction of sp³-hybridized carbons (Fsp3) is 0.381. The lowest BCUT2D eigenvalue weighted by atomic mass is 9.94. The second-order valence-corrected chi connectivity index (χ2v) is 8.25. The molecule has 0 radical (unpaired) electrons. The number of piperidine rings is 1. The smallest absolute Gasteiger partial charge is 0.263 e. The van der Waals surface area contributed by atoms with Crippen molar-refractivity contribution in [2.45, 2.75) is 31.7 Å². The van der Waals surface area contributed by atoms with E-state index in [2.05, 4.69) is 33.1 Å². The van der Waals surface area contributed by atoms with Crippen LogP contribution in [0, 0.1) is 0 Å². The molecule has 3 aromatic rings. The topological polar surface area (TPSA) is 49.3 Å². The van der Waals surface area contributed by atoms with Gasteiger partial charge in [0, 0.05) is 43.8 Å². The van der Waals surface area contributed by atoms with E-state index < -0.39 is 0 Å². The van der Waals surface area contributed by atoms with Gasteiger partial charge in [-0.05, 0) is 48.8 Å². The van der Waals surface area contributed by atoms with Gasteiger partial charge in [-0.3, -0.25) is 4.79 Å². The lowest BCUT2D eigenvalue weighted by molar-refractivity contribution is 0.0831. The maximum absolute atomic E-state index is 12.8. The van der Waals surface area contributed by atoms with Crippen molar-refractivity contribution in [3.8, 4) is 0 Å². The van der Waals surface area contributed by atoms with Crippen LogP contribution in [-0.2, 0) is 6.42 Å². The van der Waals surface area contributed by atoms with Crippen LogP contribution < -0.4 is 4.90 Å². The van der Waals surface area contributed by atoms with Gasteiger partial charge < -0.3 is 9.80 Å². The number of benzene rings is 1. The summed E-state index contributed by atoms with van der Waals surface area (Å²) in [4.78, 5) is 26.6. The quantitative estimate of drug-likeness (QED) is 0.687. The third-order valence-corrected chi connectivity index (χ3v) is 6.38. The van der Waals surface area contributed by atoms with Gasteiger partial charge in [-0.25, -0.2) is 9.97 Å². The fourth-order valence-electron chi connectivity index (χ4n) is 3.83. The highest BCUT2D eigenvalue weighted by Gasteiger charge is 2.28. The van der Waals surface area contributed by atoms with Crippen LogP contribution in [0.2, 0.25) is 0 Å². The van der Waals surface area contributed by atoms with E-state index in [0.717, 1.165) is 36.6 Å². The summed E-state index contributed by atoms with van der Waals surface area (Å²) in [5.41, 5.74) is 1.17. The zero-order chi connectivity index (χ0) is 18.8. The Labute approximate surface area is 163 Å². The number of carbonyl (C=O) groups excluding carboxylic acids is 1. The number of hydrogen-bond acceptors (Lipinski definition) is 5. The second-order valence-electron chi connectivity index (χ2n) is 7.20. The number of fused-ring (bicyclic) bond motifs is 1. The third kappa shape index (κ3) is 3.54. The molecular formula is C21H24N4OS. The average molecular weight is 381 g/mol. The molecule has 1 unspecified atom stereocenters. The minimum atomic E-state index is 0.0875. The van der Waals surface area contributed by atoms with Gasteiger partial charge in [0.25, 0.3) is 5.91 Å². The Balaban J connectivity index is 1.73. The second kappa shape index (κ2) is 7.64. The van der Waals surface area contributed by atoms with Crippen LogP contribution in [0.3, 0.4) is 0 Å². The summed E-state index contributed by atoms with van der Waals surface area (Å²) in [5, 5.41) is 1.20. The molecule has 1 aliphatic heterocycles. The molecule has 0 saturated carbocycles. The van der Waals surface area contributed by atoms with E-state index in [-0.39, 0.29) is 5.91 Å². The molecule has 1 amide bonds. The molecule has 3 heterocycles. The molecule has 0 aliphatic carbocycles. The molecule has 1 aliphatic rings. The molecule has 0 N–H and O–H groups in total. The highest BCUT2D eigenvalue weighted by atomic mass is 32.1. The number of rotatable bonds is 4. The van der Waals surface area contributed by atoms with E-state index in [9.17, 15) is 4.79 Å². The first-order valence-corrected chi connectivity index (χ1v) is 10.2. The summed E-state index contributed by atoms with van der Waals surface area (Å²) < 4.78 is 1.18. The maximum Gasteiger partial charge on any atom is 0.263 e. The maximum atomic E-state index is 12.8. The van der Waals surface area contributed by atoms with Crippen LogP contribution in [0.15, 0.2) is 42.7 Å². The van der Waals surface area contributed by atoms with E-state index in [1.165, 1.54) is 22.1 Å². The van der Waals surface area contributed by atoms with Gasteiger partial charge in [0.05, 0.1) is 4.88 Å². The molecule has 140 valence electrons. The van der Waals surface area contributed by atoms with Crippen LogP contribution in [0.5, 0.6) is 0 Å². The summed E-state index contributed by atoms with van der Waals surface area (Å²) in [5.74, 6) is 0.881. The van der Waals surface area contributed by atoms with Crippen LogP contribution >= 0.6 is 11.3 Å². The van der Waals surface area contributed by atoms with E-state index in [1.807, 2.05) is 26.2 Å². The number of anilines is 1. The van der Waals surface area contributed by atoms with Crippen molar-refractivity contribution in [1.82, 2.24) is 14.9 Å². The monoisotopic (exact) mass is 380 g/mol. The molecule has 1 atom stereocenters. The third-order valence-electron chi connectivity index (χ3n) is 5.17. The average Bonchev–Trinajstić information content (AvgIpc) is 3.07. The SMILES string of the molecule is CN(C)C(=O)c1sc2ccccc2c1CC1CCCCN1c1ncccn1. The Kier molecular flexibility index (Phi) is 5.07. The van der Waals surface area contributed by atoms with Crippen molar-refractivity contribution in [1.29, 1.82) is 0 Å². The largest absolute Gasteiger partial charge is 0.344 e. The molecule has 2 aromatic heterocycles. The lowest BCUT2D eigenvalue weighted by Gasteiger charge is -2.36. The van der Waals surface area contributed by atoms with Gasteiger partial charge in [-0.1, -0.05) is 18.2 Å². The van der Waals surface area contributed by atoms with E-state index in [0.29, 0.717) is 6.04 Å². The van der Waals surface area contributed by atoms with Crippen LogP contribution in [0.1, 0.15) is 34.5 Å². The normalized spacial score (nSPS) is 17.3. The van der Waals surface area contributed by atoms with Crippen LogP contribution in [0.25, 0.3) is 10.1 Å². The van der Waals surface area contributed by atoms with E-state index in [1.54, 1.807) is 28.6 Å². The first-order valence-electron chi connectivity index (χ1n) is 9.41. The molecule has 5 nitrogen and oxygen atoms in total. The number of thiophene rings is 1. The van der Waals surface area contributed by atoms with Gasteiger partial charge >= 0.3 is 0 Å². The zero-order valence-electron chi connectivity index (χ0n) is 15.8. The van der Waals surface area contributed by atoms with Crippen molar-refractivity contribution in [2.24, 2.45) is 0 Å². The Morgan fingerprint density at radius 1 is 1.19 bits per heavy atom. The van der Waals surface area contributed by atoms with E-state index in [4.69, 9.17) is 0 Å². The van der Waals surface area contributed by atoms with Gasteiger partial charge in [-0.2, -0.15) is 0 Å². The van der Waals surface area contributed by atoms with Gasteiger partial charge in [0.2, 0.25) is 5.95 Å². The van der Waals surface area contributed by atoms with Crippen molar-refractivity contribution in [3.63, 3.8) is 0 Å². The molecule has 1 saturated heterocycles. The summed E-state index contributed by atoms with van der Waals surface area (Å²) in [6.07, 6.45) is 7.90. The Hall–Kier alpha value is -2.47. The molecular weight excluding hydrogens is 356 g/mol. The summed E-state index contributed by atoms with van der Waals surface area (Å²) in [7, 11) is 3.64. The standard InChI is InChI=1S/C21H24N4OS/c1-24(2)20(26)19-17(16-9-3-4-10-18(16)27-19)14-15-8-5-6-13-25(15)21-22-11-7-12-23-21/h3-4,7,9-12,15H,5-6,8,13-14H2,1-2H3. The van der Waals surface area contributed by atoms with E-state index >= 15 is 0 Å². The minimum absolute atomic E-state index is 0.0875. The Morgan fingerprint density at radius 3 is 2.74 bits per heavy atom. The first kappa shape index (κ1) is 17.9. The Bertz CT molecular complexity index is 938. The minimum Gasteiger partial charge on any atom is -0.344 e. The number of hydrogen-bond donors (Lipinski definition) is 0. The molecule has 1 fully saturated rings. The highest BCUT2D eigenvalue weighted by Crippen LogP contribution is 2.35.